The van der Waals surface area contributed by atoms with Gasteiger partial charge in [-0.1, -0.05) is 6.07 Å². The molecule has 3 nitrogen and oxygen atoms in total. The molecule has 0 aliphatic rings. The maximum atomic E-state index is 12.6. The minimum atomic E-state index is -4.41. The van der Waals surface area contributed by atoms with Crippen molar-refractivity contribution >= 4 is 16.9 Å². The summed E-state index contributed by atoms with van der Waals surface area (Å²) in [5.41, 5.74) is 0.0422. The summed E-state index contributed by atoms with van der Waals surface area (Å²) in [7, 11) is 0. The fraction of sp³-hybridized carbons (Fsp3) is 0.286. The normalized spacial score (nSPS) is 11.7. The van der Waals surface area contributed by atoms with E-state index in [0.29, 0.717) is 11.1 Å². The number of halogens is 3. The average molecular weight is 283 g/mol. The summed E-state index contributed by atoms with van der Waals surface area (Å²) >= 11 is 0. The van der Waals surface area contributed by atoms with Crippen molar-refractivity contribution in [2.24, 2.45) is 0 Å². The molecule has 0 bridgehead atoms. The minimum Gasteiger partial charge on any atom is -0.462 e. The van der Waals surface area contributed by atoms with Gasteiger partial charge in [0.2, 0.25) is 0 Å². The molecule has 0 fully saturated rings. The Bertz CT molecular complexity index is 665. The lowest BCUT2D eigenvalue weighted by Crippen LogP contribution is -2.09. The van der Waals surface area contributed by atoms with Crippen LogP contribution in [0.25, 0.3) is 10.9 Å². The largest absolute Gasteiger partial charge is 0.462 e. The molecule has 0 saturated heterocycles. The van der Waals surface area contributed by atoms with Crippen LogP contribution in [-0.4, -0.2) is 17.6 Å². The molecule has 0 saturated carbocycles. The zero-order valence-corrected chi connectivity index (χ0v) is 10.9. The minimum absolute atomic E-state index is 0.199. The van der Waals surface area contributed by atoms with Gasteiger partial charge in [-0.2, -0.15) is 13.2 Å². The smallest absolute Gasteiger partial charge is 0.416 e. The van der Waals surface area contributed by atoms with Crippen molar-refractivity contribution in [2.45, 2.75) is 20.0 Å². The summed E-state index contributed by atoms with van der Waals surface area (Å²) in [5.74, 6) is -0.528. The van der Waals surface area contributed by atoms with Gasteiger partial charge < -0.3 is 4.74 Å². The number of benzene rings is 1. The molecule has 0 unspecified atom stereocenters. The number of hydrogen-bond acceptors (Lipinski definition) is 3. The first-order valence-electron chi connectivity index (χ1n) is 5.98. The lowest BCUT2D eigenvalue weighted by Gasteiger charge is -2.10. The Morgan fingerprint density at radius 1 is 1.30 bits per heavy atom. The monoisotopic (exact) mass is 283 g/mol. The summed E-state index contributed by atoms with van der Waals surface area (Å²) in [6.45, 7) is 3.46. The van der Waals surface area contributed by atoms with E-state index in [1.807, 2.05) is 0 Å². The number of hydrogen-bond donors (Lipinski definition) is 0. The van der Waals surface area contributed by atoms with Crippen LogP contribution in [0.3, 0.4) is 0 Å². The van der Waals surface area contributed by atoms with E-state index in [1.165, 1.54) is 12.1 Å². The molecule has 6 heteroatoms. The fourth-order valence-corrected chi connectivity index (χ4v) is 1.86. The lowest BCUT2D eigenvalue weighted by atomic mass is 10.1. The van der Waals surface area contributed by atoms with Crippen LogP contribution >= 0.6 is 0 Å². The number of aromatic nitrogens is 1. The van der Waals surface area contributed by atoms with Crippen LogP contribution in [0.15, 0.2) is 24.3 Å². The van der Waals surface area contributed by atoms with Crippen molar-refractivity contribution in [2.75, 3.05) is 6.61 Å². The van der Waals surface area contributed by atoms with Crippen LogP contribution in [0, 0.1) is 6.92 Å². The van der Waals surface area contributed by atoms with E-state index in [9.17, 15) is 18.0 Å². The van der Waals surface area contributed by atoms with Gasteiger partial charge in [-0.05, 0) is 32.0 Å². The highest BCUT2D eigenvalue weighted by Gasteiger charge is 2.30. The maximum Gasteiger partial charge on any atom is 0.416 e. The highest BCUT2D eigenvalue weighted by Crippen LogP contribution is 2.31. The van der Waals surface area contributed by atoms with Crippen molar-refractivity contribution in [1.82, 2.24) is 4.98 Å². The molecule has 0 aliphatic carbocycles. The summed E-state index contributed by atoms with van der Waals surface area (Å²) in [5, 5.41) is 0.464. The first kappa shape index (κ1) is 14.3. The molecule has 0 radical (unpaired) electrons. The predicted octanol–water partition coefficient (Wildman–Crippen LogP) is 3.74. The van der Waals surface area contributed by atoms with Gasteiger partial charge in [-0.25, -0.2) is 4.79 Å². The second-order valence-corrected chi connectivity index (χ2v) is 4.25. The standard InChI is InChI=1S/C14H12F3NO2/c1-3-20-13(19)11-6-9-4-5-10(14(15,16)17)7-12(9)18-8(11)2/h4-7H,3H2,1-2H3. The second kappa shape index (κ2) is 5.11. The Morgan fingerprint density at radius 2 is 2.00 bits per heavy atom. The van der Waals surface area contributed by atoms with E-state index in [4.69, 9.17) is 4.74 Å². The van der Waals surface area contributed by atoms with Gasteiger partial charge in [0.25, 0.3) is 0 Å². The highest BCUT2D eigenvalue weighted by molar-refractivity contribution is 5.95. The maximum absolute atomic E-state index is 12.6. The number of aryl methyl sites for hydroxylation is 1. The molecule has 1 aromatic carbocycles. The van der Waals surface area contributed by atoms with Crippen molar-refractivity contribution in [3.8, 4) is 0 Å². The topological polar surface area (TPSA) is 39.2 Å². The van der Waals surface area contributed by atoms with E-state index in [1.54, 1.807) is 13.8 Å². The molecule has 2 aromatic rings. The van der Waals surface area contributed by atoms with E-state index < -0.39 is 17.7 Å². The first-order valence-corrected chi connectivity index (χ1v) is 5.98. The number of carbonyl (C=O) groups is 1. The van der Waals surface area contributed by atoms with Gasteiger partial charge in [-0.3, -0.25) is 4.98 Å². The third kappa shape index (κ3) is 2.74. The molecule has 2 rings (SSSR count). The Labute approximate surface area is 113 Å². The Balaban J connectivity index is 2.54. The lowest BCUT2D eigenvalue weighted by molar-refractivity contribution is -0.137. The molecule has 0 aliphatic heterocycles. The molecular weight excluding hydrogens is 271 g/mol. The number of carbonyl (C=O) groups excluding carboxylic acids is 1. The molecule has 0 atom stereocenters. The summed E-state index contributed by atoms with van der Waals surface area (Å²) < 4.78 is 42.7. The van der Waals surface area contributed by atoms with Crippen molar-refractivity contribution < 1.29 is 22.7 Å². The number of nitrogens with zero attached hydrogens (tertiary/aromatic N) is 1. The van der Waals surface area contributed by atoms with Gasteiger partial charge in [0, 0.05) is 5.39 Å². The summed E-state index contributed by atoms with van der Waals surface area (Å²) in [4.78, 5) is 15.7. The molecule has 1 aromatic heterocycles. The van der Waals surface area contributed by atoms with Gasteiger partial charge in [0.05, 0.1) is 28.9 Å². The molecule has 0 amide bonds. The molecular formula is C14H12F3NO2. The SMILES string of the molecule is CCOC(=O)c1cc2ccc(C(F)(F)F)cc2nc1C. The quantitative estimate of drug-likeness (QED) is 0.788. The van der Waals surface area contributed by atoms with Gasteiger partial charge in [-0.15, -0.1) is 0 Å². The molecule has 20 heavy (non-hydrogen) atoms. The molecule has 0 N–H and O–H groups in total. The zero-order chi connectivity index (χ0) is 14.9. The van der Waals surface area contributed by atoms with Crippen LogP contribution in [0.1, 0.15) is 28.5 Å². The Hall–Kier alpha value is -2.11. The van der Waals surface area contributed by atoms with Crippen LogP contribution in [-0.2, 0) is 10.9 Å². The highest BCUT2D eigenvalue weighted by atomic mass is 19.4. The number of alkyl halides is 3. The van der Waals surface area contributed by atoms with Gasteiger partial charge >= 0.3 is 12.1 Å². The van der Waals surface area contributed by atoms with E-state index in [2.05, 4.69) is 4.98 Å². The van der Waals surface area contributed by atoms with Crippen molar-refractivity contribution in [3.05, 3.63) is 41.1 Å². The number of pyridine rings is 1. The van der Waals surface area contributed by atoms with Crippen molar-refractivity contribution in [1.29, 1.82) is 0 Å². The number of ether oxygens (including phenoxy) is 1. The summed E-state index contributed by atoms with van der Waals surface area (Å²) in [6.07, 6.45) is -4.41. The Kier molecular flexibility index (Phi) is 3.65. The number of esters is 1. The van der Waals surface area contributed by atoms with E-state index in [-0.39, 0.29) is 17.7 Å². The van der Waals surface area contributed by atoms with E-state index >= 15 is 0 Å². The molecule has 1 heterocycles. The van der Waals surface area contributed by atoms with Crippen LogP contribution in [0.4, 0.5) is 13.2 Å². The first-order chi connectivity index (χ1) is 9.32. The fourth-order valence-electron chi connectivity index (χ4n) is 1.86. The third-order valence-corrected chi connectivity index (χ3v) is 2.83. The van der Waals surface area contributed by atoms with Crippen LogP contribution in [0.2, 0.25) is 0 Å². The third-order valence-electron chi connectivity index (χ3n) is 2.83. The predicted molar refractivity (Wildman–Crippen MR) is 67.4 cm³/mol. The van der Waals surface area contributed by atoms with Gasteiger partial charge in [0.15, 0.2) is 0 Å². The van der Waals surface area contributed by atoms with Crippen LogP contribution < -0.4 is 0 Å². The van der Waals surface area contributed by atoms with Crippen LogP contribution in [0.5, 0.6) is 0 Å². The molecule has 106 valence electrons. The van der Waals surface area contributed by atoms with Crippen molar-refractivity contribution in [3.63, 3.8) is 0 Å². The number of fused-ring (bicyclic) bond motifs is 1. The Morgan fingerprint density at radius 3 is 2.60 bits per heavy atom. The second-order valence-electron chi connectivity index (χ2n) is 4.25. The van der Waals surface area contributed by atoms with E-state index in [0.717, 1.165) is 12.1 Å². The van der Waals surface area contributed by atoms with Gasteiger partial charge in [0.1, 0.15) is 0 Å². The average Bonchev–Trinajstić information content (AvgIpc) is 2.36. The number of rotatable bonds is 2. The molecule has 0 spiro atoms. The zero-order valence-electron chi connectivity index (χ0n) is 10.9. The summed E-state index contributed by atoms with van der Waals surface area (Å²) in [6, 6.07) is 4.73.